The number of fused-ring (bicyclic) bond motifs is 2. The summed E-state index contributed by atoms with van der Waals surface area (Å²) in [6.07, 6.45) is 1.59. The first-order chi connectivity index (χ1) is 14.3. The Kier molecular flexibility index (Phi) is 5.44. The van der Waals surface area contributed by atoms with Gasteiger partial charge in [-0.2, -0.15) is 0 Å². The number of ether oxygens (including phenoxy) is 1. The molecule has 30 heavy (non-hydrogen) atoms. The highest BCUT2D eigenvalue weighted by atomic mass is 35.5. The Labute approximate surface area is 180 Å². The Bertz CT molecular complexity index is 1260. The molecule has 0 unspecified atom stereocenters. The maximum atomic E-state index is 12.5. The minimum Gasteiger partial charge on any atom is -0.452 e. The number of carbonyl (C=O) groups is 2. The topological polar surface area (TPSA) is 103 Å². The monoisotopic (exact) mass is 446 g/mol. The van der Waals surface area contributed by atoms with Gasteiger partial charge in [-0.05, 0) is 37.6 Å². The molecule has 2 aromatic heterocycles. The predicted octanol–water partition coefficient (Wildman–Crippen LogP) is 3.15. The maximum absolute atomic E-state index is 12.5. The lowest BCUT2D eigenvalue weighted by molar-refractivity contribution is -0.119. The van der Waals surface area contributed by atoms with Gasteiger partial charge in [0.15, 0.2) is 12.4 Å². The number of nitrogens with one attached hydrogen (secondary N) is 1. The van der Waals surface area contributed by atoms with E-state index in [-0.39, 0.29) is 22.0 Å². The molecule has 1 amide bonds. The fourth-order valence-corrected chi connectivity index (χ4v) is 3.65. The summed E-state index contributed by atoms with van der Waals surface area (Å²) in [4.78, 5) is 45.5. The zero-order valence-electron chi connectivity index (χ0n) is 15.9. The number of halogens is 2. The Hall–Kier alpha value is -2.97. The van der Waals surface area contributed by atoms with Gasteiger partial charge in [0.05, 0.1) is 32.2 Å². The molecule has 0 radical (unpaired) electrons. The summed E-state index contributed by atoms with van der Waals surface area (Å²) >= 11 is 11.9. The minimum absolute atomic E-state index is 0.116. The molecule has 0 fully saturated rings. The van der Waals surface area contributed by atoms with Crippen LogP contribution in [0.3, 0.4) is 0 Å². The van der Waals surface area contributed by atoms with Crippen molar-refractivity contribution in [3.63, 3.8) is 0 Å². The van der Waals surface area contributed by atoms with Crippen LogP contribution in [0.25, 0.3) is 10.9 Å². The highest BCUT2D eigenvalue weighted by molar-refractivity contribution is 6.36. The maximum Gasteiger partial charge on any atom is 0.338 e. The summed E-state index contributed by atoms with van der Waals surface area (Å²) in [6, 6.07) is 5.99. The second-order valence-corrected chi connectivity index (χ2v) is 7.65. The summed E-state index contributed by atoms with van der Waals surface area (Å²) in [6.45, 7) is 1.79. The van der Waals surface area contributed by atoms with E-state index in [4.69, 9.17) is 27.9 Å². The lowest BCUT2D eigenvalue weighted by Gasteiger charge is -2.09. The molecule has 1 aliphatic rings. The van der Waals surface area contributed by atoms with Gasteiger partial charge in [0.25, 0.3) is 11.5 Å². The van der Waals surface area contributed by atoms with Crippen LogP contribution in [0.4, 0.5) is 5.82 Å². The number of nitrogens with zero attached hydrogens (tertiary/aromatic N) is 3. The van der Waals surface area contributed by atoms with Crippen LogP contribution in [0.15, 0.2) is 29.1 Å². The fourth-order valence-electron chi connectivity index (χ4n) is 3.24. The molecule has 0 saturated heterocycles. The molecule has 0 spiro atoms. The van der Waals surface area contributed by atoms with Crippen LogP contribution in [-0.4, -0.2) is 33.0 Å². The molecule has 1 N–H and O–H groups in total. The Morgan fingerprint density at radius 2 is 2.00 bits per heavy atom. The first-order valence-electron chi connectivity index (χ1n) is 9.16. The van der Waals surface area contributed by atoms with Crippen molar-refractivity contribution >= 4 is 51.8 Å². The molecule has 10 heteroatoms. The van der Waals surface area contributed by atoms with Crippen molar-refractivity contribution in [3.05, 3.63) is 61.7 Å². The molecular formula is C20H16Cl2N4O4. The third-order valence-corrected chi connectivity index (χ3v) is 5.42. The van der Waals surface area contributed by atoms with Crippen LogP contribution in [0.5, 0.6) is 0 Å². The van der Waals surface area contributed by atoms with Crippen LogP contribution in [0.1, 0.15) is 28.3 Å². The molecule has 0 saturated carbocycles. The molecule has 3 aromatic rings. The smallest absolute Gasteiger partial charge is 0.338 e. The quantitative estimate of drug-likeness (QED) is 0.617. The summed E-state index contributed by atoms with van der Waals surface area (Å²) < 4.78 is 6.72. The van der Waals surface area contributed by atoms with Gasteiger partial charge in [0, 0.05) is 13.0 Å². The predicted molar refractivity (Wildman–Crippen MR) is 112 cm³/mol. The summed E-state index contributed by atoms with van der Waals surface area (Å²) in [5.41, 5.74) is 1.01. The number of benzene rings is 1. The number of esters is 1. The highest BCUT2D eigenvalue weighted by Crippen LogP contribution is 2.25. The SMILES string of the molecule is Cc1nc(NC(=O)COC(=O)c2ccc3c(=O)n4c(nc3c2)CCC4)c(Cl)cc1Cl. The Morgan fingerprint density at radius 3 is 2.80 bits per heavy atom. The van der Waals surface area contributed by atoms with Crippen molar-refractivity contribution in [1.29, 1.82) is 0 Å². The van der Waals surface area contributed by atoms with Gasteiger partial charge < -0.3 is 10.1 Å². The second-order valence-electron chi connectivity index (χ2n) is 6.83. The van der Waals surface area contributed by atoms with Crippen LogP contribution in [-0.2, 0) is 22.5 Å². The fraction of sp³-hybridized carbons (Fsp3) is 0.250. The highest BCUT2D eigenvalue weighted by Gasteiger charge is 2.18. The third kappa shape index (κ3) is 3.88. The first kappa shape index (κ1) is 20.3. The number of aromatic nitrogens is 3. The van der Waals surface area contributed by atoms with Crippen LogP contribution in [0, 0.1) is 6.92 Å². The van der Waals surface area contributed by atoms with Crippen LogP contribution < -0.4 is 10.9 Å². The zero-order valence-corrected chi connectivity index (χ0v) is 17.4. The number of aryl methyl sites for hydroxylation is 2. The standard InChI is InChI=1S/C20H16Cl2N4O4/c1-10-13(21)8-14(22)18(23-10)25-17(27)9-30-20(29)11-4-5-12-15(7-11)24-16-3-2-6-26(16)19(12)28/h4-5,7-8H,2-3,6,9H2,1H3,(H,23,25,27). The third-order valence-electron chi connectivity index (χ3n) is 4.75. The van der Waals surface area contributed by atoms with E-state index in [0.717, 1.165) is 12.8 Å². The van der Waals surface area contributed by atoms with Crippen molar-refractivity contribution in [2.75, 3.05) is 11.9 Å². The number of hydrogen-bond acceptors (Lipinski definition) is 6. The number of anilines is 1. The lowest BCUT2D eigenvalue weighted by Crippen LogP contribution is -2.22. The van der Waals surface area contributed by atoms with Crippen molar-refractivity contribution in [1.82, 2.24) is 14.5 Å². The molecule has 4 rings (SSSR count). The van der Waals surface area contributed by atoms with E-state index in [1.165, 1.54) is 18.2 Å². The van der Waals surface area contributed by atoms with Gasteiger partial charge in [-0.3, -0.25) is 14.2 Å². The van der Waals surface area contributed by atoms with E-state index >= 15 is 0 Å². The zero-order chi connectivity index (χ0) is 21.4. The molecule has 0 bridgehead atoms. The molecule has 0 atom stereocenters. The van der Waals surface area contributed by atoms with Crippen molar-refractivity contribution in [3.8, 4) is 0 Å². The van der Waals surface area contributed by atoms with E-state index in [9.17, 15) is 14.4 Å². The minimum atomic E-state index is -0.708. The largest absolute Gasteiger partial charge is 0.452 e. The average molecular weight is 447 g/mol. The molecule has 3 heterocycles. The molecule has 8 nitrogen and oxygen atoms in total. The number of pyridine rings is 1. The molecule has 154 valence electrons. The van der Waals surface area contributed by atoms with Gasteiger partial charge in [-0.15, -0.1) is 0 Å². The van der Waals surface area contributed by atoms with Gasteiger partial charge in [0.2, 0.25) is 0 Å². The van der Waals surface area contributed by atoms with E-state index in [2.05, 4.69) is 15.3 Å². The molecule has 1 aliphatic heterocycles. The molecular weight excluding hydrogens is 431 g/mol. The number of hydrogen-bond donors (Lipinski definition) is 1. The van der Waals surface area contributed by atoms with Crippen LogP contribution >= 0.6 is 23.2 Å². The molecule has 0 aliphatic carbocycles. The first-order valence-corrected chi connectivity index (χ1v) is 9.92. The van der Waals surface area contributed by atoms with Gasteiger partial charge >= 0.3 is 5.97 Å². The Morgan fingerprint density at radius 1 is 1.20 bits per heavy atom. The summed E-state index contributed by atoms with van der Waals surface area (Å²) in [5, 5.41) is 3.46. The van der Waals surface area contributed by atoms with Crippen molar-refractivity contribution < 1.29 is 14.3 Å². The van der Waals surface area contributed by atoms with Crippen LogP contribution in [0.2, 0.25) is 10.0 Å². The van der Waals surface area contributed by atoms with Gasteiger partial charge in [-0.25, -0.2) is 14.8 Å². The van der Waals surface area contributed by atoms with Gasteiger partial charge in [0.1, 0.15) is 5.82 Å². The summed E-state index contributed by atoms with van der Waals surface area (Å²) in [7, 11) is 0. The number of amides is 1. The van der Waals surface area contributed by atoms with E-state index in [1.807, 2.05) is 0 Å². The summed E-state index contributed by atoms with van der Waals surface area (Å²) in [5.74, 6) is -0.473. The lowest BCUT2D eigenvalue weighted by atomic mass is 10.1. The normalized spacial score (nSPS) is 12.6. The van der Waals surface area contributed by atoms with Crippen molar-refractivity contribution in [2.45, 2.75) is 26.3 Å². The van der Waals surface area contributed by atoms with E-state index < -0.39 is 18.5 Å². The number of rotatable bonds is 4. The van der Waals surface area contributed by atoms with E-state index in [0.29, 0.717) is 34.0 Å². The second kappa shape index (κ2) is 8.04. The average Bonchev–Trinajstić information content (AvgIpc) is 3.19. The Balaban J connectivity index is 1.46. The van der Waals surface area contributed by atoms with Gasteiger partial charge in [-0.1, -0.05) is 23.2 Å². The number of carbonyl (C=O) groups excluding carboxylic acids is 2. The molecule has 1 aromatic carbocycles. The van der Waals surface area contributed by atoms with E-state index in [1.54, 1.807) is 17.6 Å². The van der Waals surface area contributed by atoms with Crippen molar-refractivity contribution in [2.24, 2.45) is 0 Å².